The van der Waals surface area contributed by atoms with Crippen LogP contribution in [0.15, 0.2) is 18.2 Å². The molecule has 11 heteroatoms. The topological polar surface area (TPSA) is 103 Å². The van der Waals surface area contributed by atoms with Crippen LogP contribution >= 0.6 is 0 Å². The van der Waals surface area contributed by atoms with E-state index in [1.807, 2.05) is 4.90 Å². The number of urea groups is 1. The van der Waals surface area contributed by atoms with Gasteiger partial charge in [-0.05, 0) is 24.6 Å². The molecular weight excluding hydrogens is 421 g/mol. The van der Waals surface area contributed by atoms with Crippen molar-refractivity contribution in [3.63, 3.8) is 0 Å². The van der Waals surface area contributed by atoms with Gasteiger partial charge in [-0.1, -0.05) is 0 Å². The lowest BCUT2D eigenvalue weighted by Crippen LogP contribution is -2.49. The molecular formula is C21H28FN5O5. The lowest BCUT2D eigenvalue weighted by Gasteiger charge is -2.28. The molecule has 1 unspecified atom stereocenters. The molecule has 3 saturated heterocycles. The summed E-state index contributed by atoms with van der Waals surface area (Å²) in [6.45, 7) is 5.19. The fourth-order valence-corrected chi connectivity index (χ4v) is 4.15. The Kier molecular flexibility index (Phi) is 6.63. The van der Waals surface area contributed by atoms with Crippen LogP contribution in [0.2, 0.25) is 0 Å². The summed E-state index contributed by atoms with van der Waals surface area (Å²) in [5.74, 6) is -0.652. The van der Waals surface area contributed by atoms with Gasteiger partial charge in [-0.15, -0.1) is 0 Å². The number of carbonyl (C=O) groups is 3. The van der Waals surface area contributed by atoms with Crippen molar-refractivity contribution in [1.82, 2.24) is 15.5 Å². The van der Waals surface area contributed by atoms with Crippen molar-refractivity contribution in [3.8, 4) is 0 Å². The summed E-state index contributed by atoms with van der Waals surface area (Å²) in [6.07, 6.45) is -0.330. The lowest BCUT2D eigenvalue weighted by molar-refractivity contribution is -0.119. The van der Waals surface area contributed by atoms with Crippen LogP contribution in [-0.2, 0) is 14.3 Å². The second-order valence-electron chi connectivity index (χ2n) is 8.17. The minimum Gasteiger partial charge on any atom is -0.442 e. The van der Waals surface area contributed by atoms with Crippen molar-refractivity contribution in [2.45, 2.75) is 25.5 Å². The second kappa shape index (κ2) is 9.60. The van der Waals surface area contributed by atoms with E-state index in [4.69, 9.17) is 9.47 Å². The van der Waals surface area contributed by atoms with E-state index in [1.54, 1.807) is 17.0 Å². The summed E-state index contributed by atoms with van der Waals surface area (Å²) in [5.41, 5.74) is 0.831. The van der Waals surface area contributed by atoms with E-state index in [9.17, 15) is 18.8 Å². The number of carbonyl (C=O) groups excluding carboxylic acids is 3. The third kappa shape index (κ3) is 5.04. The van der Waals surface area contributed by atoms with E-state index in [0.717, 1.165) is 6.42 Å². The molecule has 0 aromatic heterocycles. The number of nitrogens with one attached hydrogen (secondary N) is 2. The summed E-state index contributed by atoms with van der Waals surface area (Å²) in [4.78, 5) is 40.6. The van der Waals surface area contributed by atoms with Crippen LogP contribution in [0.5, 0.6) is 0 Å². The van der Waals surface area contributed by atoms with Crippen LogP contribution in [0.4, 0.5) is 25.4 Å². The molecule has 3 aliphatic rings. The molecule has 4 rings (SSSR count). The summed E-state index contributed by atoms with van der Waals surface area (Å²) < 4.78 is 25.4. The second-order valence-corrected chi connectivity index (χ2v) is 8.17. The van der Waals surface area contributed by atoms with Gasteiger partial charge in [-0.3, -0.25) is 9.69 Å². The smallest absolute Gasteiger partial charge is 0.414 e. The first-order valence-electron chi connectivity index (χ1n) is 10.8. The van der Waals surface area contributed by atoms with E-state index < -0.39 is 18.0 Å². The first-order chi connectivity index (χ1) is 15.4. The van der Waals surface area contributed by atoms with Crippen LogP contribution in [-0.4, -0.2) is 87.6 Å². The Morgan fingerprint density at radius 3 is 2.69 bits per heavy atom. The van der Waals surface area contributed by atoms with Gasteiger partial charge in [0.1, 0.15) is 11.9 Å². The first kappa shape index (κ1) is 22.1. The Balaban J connectivity index is 1.34. The van der Waals surface area contributed by atoms with Gasteiger partial charge in [-0.25, -0.2) is 14.0 Å². The Bertz CT molecular complexity index is 878. The van der Waals surface area contributed by atoms with Gasteiger partial charge in [0.15, 0.2) is 0 Å². The fourth-order valence-electron chi connectivity index (χ4n) is 4.15. The number of amides is 4. The molecule has 0 bridgehead atoms. The number of hydrogen-bond donors (Lipinski definition) is 2. The highest BCUT2D eigenvalue weighted by Gasteiger charge is 2.33. The quantitative estimate of drug-likeness (QED) is 0.693. The zero-order valence-corrected chi connectivity index (χ0v) is 18.0. The van der Waals surface area contributed by atoms with Crippen molar-refractivity contribution in [2.75, 3.05) is 62.3 Å². The van der Waals surface area contributed by atoms with Crippen LogP contribution in [0.1, 0.15) is 13.3 Å². The summed E-state index contributed by atoms with van der Waals surface area (Å²) in [6, 6.07) is 4.47. The third-order valence-electron chi connectivity index (χ3n) is 5.85. The number of hydrogen-bond acceptors (Lipinski definition) is 6. The minimum absolute atomic E-state index is 0.0625. The van der Waals surface area contributed by atoms with E-state index in [0.29, 0.717) is 50.8 Å². The number of morpholine rings is 1. The molecule has 1 aromatic rings. The van der Waals surface area contributed by atoms with Gasteiger partial charge in [0.05, 0.1) is 37.7 Å². The maximum absolute atomic E-state index is 14.9. The predicted octanol–water partition coefficient (Wildman–Crippen LogP) is 0.908. The fraction of sp³-hybridized carbons (Fsp3) is 0.571. The Morgan fingerprint density at radius 1 is 1.19 bits per heavy atom. The van der Waals surface area contributed by atoms with Crippen LogP contribution in [0, 0.1) is 5.82 Å². The molecule has 2 atom stereocenters. The minimum atomic E-state index is -0.570. The van der Waals surface area contributed by atoms with E-state index >= 15 is 0 Å². The predicted molar refractivity (Wildman–Crippen MR) is 114 cm³/mol. The van der Waals surface area contributed by atoms with Crippen molar-refractivity contribution in [2.24, 2.45) is 0 Å². The Labute approximate surface area is 185 Å². The van der Waals surface area contributed by atoms with Crippen LogP contribution in [0.3, 0.4) is 0 Å². The zero-order chi connectivity index (χ0) is 22.7. The highest BCUT2D eigenvalue weighted by atomic mass is 19.1. The number of anilines is 2. The Morgan fingerprint density at radius 2 is 1.97 bits per heavy atom. The molecule has 2 N–H and O–H groups in total. The molecule has 3 heterocycles. The summed E-state index contributed by atoms with van der Waals surface area (Å²) in [7, 11) is 0. The van der Waals surface area contributed by atoms with Crippen molar-refractivity contribution in [3.05, 3.63) is 24.0 Å². The summed E-state index contributed by atoms with van der Waals surface area (Å²) in [5, 5.41) is 5.64. The molecule has 0 radical (unpaired) electrons. The van der Waals surface area contributed by atoms with Crippen LogP contribution < -0.4 is 20.4 Å². The van der Waals surface area contributed by atoms with Gasteiger partial charge in [0.25, 0.3) is 0 Å². The summed E-state index contributed by atoms with van der Waals surface area (Å²) >= 11 is 0. The average Bonchev–Trinajstić information content (AvgIpc) is 3.39. The highest BCUT2D eigenvalue weighted by molar-refractivity contribution is 5.90. The van der Waals surface area contributed by atoms with E-state index in [-0.39, 0.29) is 31.1 Å². The molecule has 3 aliphatic heterocycles. The van der Waals surface area contributed by atoms with Gasteiger partial charge in [0, 0.05) is 39.1 Å². The van der Waals surface area contributed by atoms with Crippen LogP contribution in [0.25, 0.3) is 0 Å². The number of halogens is 1. The molecule has 1 aromatic carbocycles. The van der Waals surface area contributed by atoms with Crippen molar-refractivity contribution < 1.29 is 28.2 Å². The largest absolute Gasteiger partial charge is 0.442 e. The molecule has 0 aliphatic carbocycles. The molecule has 10 nitrogen and oxygen atoms in total. The molecule has 0 spiro atoms. The van der Waals surface area contributed by atoms with Gasteiger partial charge >= 0.3 is 12.1 Å². The standard InChI is InChI=1S/C21H28FN5O5/c1-14(28)23-11-17-13-27(21(30)32-17)16-2-3-19(18(22)10-16)26-5-4-15(12-26)24-20(29)25-6-8-31-9-7-25/h2-3,10,15,17H,4-9,11-13H2,1H3,(H,23,28)(H,24,29)/t15?,17-/m0/s1. The molecule has 0 saturated carbocycles. The number of rotatable bonds is 5. The number of nitrogens with zero attached hydrogens (tertiary/aromatic N) is 3. The van der Waals surface area contributed by atoms with E-state index in [2.05, 4.69) is 10.6 Å². The zero-order valence-electron chi connectivity index (χ0n) is 18.0. The van der Waals surface area contributed by atoms with Gasteiger partial charge < -0.3 is 29.9 Å². The van der Waals surface area contributed by atoms with E-state index in [1.165, 1.54) is 17.9 Å². The first-order valence-corrected chi connectivity index (χ1v) is 10.8. The van der Waals surface area contributed by atoms with Gasteiger partial charge in [-0.2, -0.15) is 0 Å². The van der Waals surface area contributed by atoms with Crippen molar-refractivity contribution >= 4 is 29.4 Å². The van der Waals surface area contributed by atoms with Crippen molar-refractivity contribution in [1.29, 1.82) is 0 Å². The number of cyclic esters (lactones) is 1. The third-order valence-corrected chi connectivity index (χ3v) is 5.85. The Hall–Kier alpha value is -3.08. The molecule has 4 amide bonds. The number of benzene rings is 1. The SMILES string of the molecule is CC(=O)NC[C@H]1CN(c2ccc(N3CCC(NC(=O)N4CCOCC4)C3)c(F)c2)C(=O)O1. The molecule has 3 fully saturated rings. The average molecular weight is 449 g/mol. The van der Waals surface area contributed by atoms with Gasteiger partial charge in [0.2, 0.25) is 5.91 Å². The maximum atomic E-state index is 14.9. The molecule has 174 valence electrons. The number of ether oxygens (including phenoxy) is 2. The lowest BCUT2D eigenvalue weighted by atomic mass is 10.2. The monoisotopic (exact) mass is 449 g/mol. The highest BCUT2D eigenvalue weighted by Crippen LogP contribution is 2.29. The molecule has 32 heavy (non-hydrogen) atoms. The normalized spacial score (nSPS) is 23.3. The maximum Gasteiger partial charge on any atom is 0.414 e.